The van der Waals surface area contributed by atoms with E-state index in [1.165, 1.54) is 0 Å². The van der Waals surface area contributed by atoms with Gasteiger partial charge in [0.25, 0.3) is 0 Å². The van der Waals surface area contributed by atoms with Crippen LogP contribution in [0.3, 0.4) is 0 Å². The molecule has 0 saturated carbocycles. The Hall–Kier alpha value is -3.53. The second-order valence-electron chi connectivity index (χ2n) is 7.26. The molecule has 2 aromatic carbocycles. The van der Waals surface area contributed by atoms with Crippen LogP contribution in [0.25, 0.3) is 0 Å². The molecular formula is C22H24N6O3S. The van der Waals surface area contributed by atoms with Gasteiger partial charge in [-0.05, 0) is 54.8 Å². The molecule has 1 aromatic heterocycles. The fourth-order valence-electron chi connectivity index (χ4n) is 3.38. The maximum absolute atomic E-state index is 12.5. The highest BCUT2D eigenvalue weighted by molar-refractivity contribution is 7.98. The molecule has 166 valence electrons. The number of hydrogen-bond acceptors (Lipinski definition) is 8. The van der Waals surface area contributed by atoms with E-state index < -0.39 is 5.91 Å². The average molecular weight is 453 g/mol. The van der Waals surface area contributed by atoms with Crippen LogP contribution >= 0.6 is 11.8 Å². The molecule has 1 aliphatic heterocycles. The number of piperazine rings is 1. The van der Waals surface area contributed by atoms with Crippen LogP contribution in [0.15, 0.2) is 57.8 Å². The molecule has 0 aliphatic carbocycles. The third kappa shape index (κ3) is 5.20. The number of anilines is 4. The number of thioether (sulfide) groups is 1. The van der Waals surface area contributed by atoms with Crippen molar-refractivity contribution >= 4 is 46.7 Å². The summed E-state index contributed by atoms with van der Waals surface area (Å²) >= 11 is 1.65. The molecule has 2 amide bonds. The molecule has 3 aromatic rings. The summed E-state index contributed by atoms with van der Waals surface area (Å²) in [5, 5.41) is 13.5. The summed E-state index contributed by atoms with van der Waals surface area (Å²) in [5.74, 6) is -0.501. The van der Waals surface area contributed by atoms with Crippen LogP contribution in [0.2, 0.25) is 0 Å². The van der Waals surface area contributed by atoms with E-state index in [1.54, 1.807) is 18.7 Å². The number of benzene rings is 2. The van der Waals surface area contributed by atoms with Gasteiger partial charge in [-0.2, -0.15) is 0 Å². The molecule has 10 heteroatoms. The Balaban J connectivity index is 1.32. The van der Waals surface area contributed by atoms with Gasteiger partial charge in [0.05, 0.1) is 0 Å². The lowest BCUT2D eigenvalue weighted by Crippen LogP contribution is -2.48. The Bertz CT molecular complexity index is 1080. The minimum absolute atomic E-state index is 0.107. The van der Waals surface area contributed by atoms with Crippen LogP contribution in [0.1, 0.15) is 17.6 Å². The zero-order chi connectivity index (χ0) is 22.5. The Morgan fingerprint density at radius 3 is 2.22 bits per heavy atom. The first kappa shape index (κ1) is 21.7. The number of nitrogens with one attached hydrogen (secondary N) is 2. The number of carbonyl (C=O) groups excluding carboxylic acids is 2. The van der Waals surface area contributed by atoms with Crippen LogP contribution < -0.4 is 15.5 Å². The van der Waals surface area contributed by atoms with Crippen molar-refractivity contribution in [3.63, 3.8) is 0 Å². The highest BCUT2D eigenvalue weighted by atomic mass is 32.2. The molecule has 4 rings (SSSR count). The number of nitrogens with zero attached hydrogens (tertiary/aromatic N) is 4. The lowest BCUT2D eigenvalue weighted by Gasteiger charge is -2.35. The molecule has 1 aliphatic rings. The minimum atomic E-state index is -0.480. The molecule has 0 bridgehead atoms. The normalized spacial score (nSPS) is 13.7. The first-order chi connectivity index (χ1) is 15.5. The van der Waals surface area contributed by atoms with E-state index in [1.807, 2.05) is 59.7 Å². The van der Waals surface area contributed by atoms with Crippen molar-refractivity contribution in [3.05, 3.63) is 54.4 Å². The molecular weight excluding hydrogens is 428 g/mol. The fourth-order valence-corrected chi connectivity index (χ4v) is 3.79. The van der Waals surface area contributed by atoms with Crippen molar-refractivity contribution in [2.45, 2.75) is 11.8 Å². The van der Waals surface area contributed by atoms with Crippen LogP contribution in [0.4, 0.5) is 23.1 Å². The maximum Gasteiger partial charge on any atom is 0.320 e. The van der Waals surface area contributed by atoms with Gasteiger partial charge in [0.15, 0.2) is 0 Å². The van der Waals surface area contributed by atoms with Gasteiger partial charge in [-0.1, -0.05) is 5.10 Å². The fraction of sp³-hybridized carbons (Fsp3) is 0.273. The first-order valence-corrected chi connectivity index (χ1v) is 11.4. The number of aromatic nitrogens is 2. The topological polar surface area (TPSA) is 104 Å². The smallest absolute Gasteiger partial charge is 0.320 e. The van der Waals surface area contributed by atoms with E-state index in [0.29, 0.717) is 18.8 Å². The van der Waals surface area contributed by atoms with Gasteiger partial charge in [-0.25, -0.2) is 0 Å². The van der Waals surface area contributed by atoms with Crippen LogP contribution in [-0.4, -0.2) is 59.3 Å². The van der Waals surface area contributed by atoms with Crippen molar-refractivity contribution in [1.29, 1.82) is 0 Å². The predicted octanol–water partition coefficient (Wildman–Crippen LogP) is 3.46. The van der Waals surface area contributed by atoms with E-state index in [9.17, 15) is 9.59 Å². The van der Waals surface area contributed by atoms with E-state index >= 15 is 0 Å². The number of carbonyl (C=O) groups is 2. The number of hydrogen-bond donors (Lipinski definition) is 2. The molecule has 0 unspecified atom stereocenters. The molecule has 2 heterocycles. The molecule has 2 N–H and O–H groups in total. The average Bonchev–Trinajstić information content (AvgIpc) is 3.29. The molecule has 9 nitrogen and oxygen atoms in total. The standard InChI is InChI=1S/C22H24N6O3S/c1-15(29)27-11-13-28(14-12-27)18-7-3-16(4-8-18)23-20(30)21-25-26-22(31-21)24-17-5-9-19(32-2)10-6-17/h3-10H,11-14H2,1-2H3,(H,23,30)(H,24,26). The van der Waals surface area contributed by atoms with Gasteiger partial charge in [-0.3, -0.25) is 9.59 Å². The number of rotatable bonds is 6. The lowest BCUT2D eigenvalue weighted by molar-refractivity contribution is -0.129. The number of amides is 2. The molecule has 1 fully saturated rings. The summed E-state index contributed by atoms with van der Waals surface area (Å²) in [7, 11) is 0. The molecule has 0 radical (unpaired) electrons. The summed E-state index contributed by atoms with van der Waals surface area (Å²) in [5.41, 5.74) is 2.46. The first-order valence-electron chi connectivity index (χ1n) is 10.2. The van der Waals surface area contributed by atoms with E-state index in [2.05, 4.69) is 25.7 Å². The minimum Gasteiger partial charge on any atom is -0.399 e. The summed E-state index contributed by atoms with van der Waals surface area (Å²) in [6.07, 6.45) is 2.01. The van der Waals surface area contributed by atoms with Gasteiger partial charge in [-0.15, -0.1) is 16.9 Å². The molecule has 32 heavy (non-hydrogen) atoms. The second-order valence-corrected chi connectivity index (χ2v) is 8.14. The third-order valence-corrected chi connectivity index (χ3v) is 5.92. The molecule has 1 saturated heterocycles. The SMILES string of the molecule is CSc1ccc(Nc2nnc(C(=O)Nc3ccc(N4CCN(C(C)=O)CC4)cc3)o2)cc1. The molecule has 0 atom stereocenters. The summed E-state index contributed by atoms with van der Waals surface area (Å²) in [6, 6.07) is 15.4. The Morgan fingerprint density at radius 1 is 0.938 bits per heavy atom. The van der Waals surface area contributed by atoms with Gasteiger partial charge in [0.1, 0.15) is 0 Å². The van der Waals surface area contributed by atoms with Crippen LogP contribution in [0, 0.1) is 0 Å². The van der Waals surface area contributed by atoms with Crippen LogP contribution in [-0.2, 0) is 4.79 Å². The summed E-state index contributed by atoms with van der Waals surface area (Å²) in [6.45, 7) is 4.58. The molecule has 0 spiro atoms. The van der Waals surface area contributed by atoms with E-state index in [0.717, 1.165) is 29.4 Å². The van der Waals surface area contributed by atoms with Crippen molar-refractivity contribution in [1.82, 2.24) is 15.1 Å². The zero-order valence-electron chi connectivity index (χ0n) is 17.9. The second kappa shape index (κ2) is 9.73. The van der Waals surface area contributed by atoms with Crippen LogP contribution in [0.5, 0.6) is 0 Å². The van der Waals surface area contributed by atoms with Crippen molar-refractivity contribution < 1.29 is 14.0 Å². The Labute approximate surface area is 190 Å². The third-order valence-electron chi connectivity index (χ3n) is 5.18. The van der Waals surface area contributed by atoms with Gasteiger partial charge in [0, 0.05) is 55.1 Å². The summed E-state index contributed by atoms with van der Waals surface area (Å²) in [4.78, 5) is 29.1. The van der Waals surface area contributed by atoms with Gasteiger partial charge < -0.3 is 24.9 Å². The highest BCUT2D eigenvalue weighted by Crippen LogP contribution is 2.22. The summed E-state index contributed by atoms with van der Waals surface area (Å²) < 4.78 is 5.44. The zero-order valence-corrected chi connectivity index (χ0v) is 18.7. The van der Waals surface area contributed by atoms with Crippen molar-refractivity contribution in [2.75, 3.05) is 48.0 Å². The maximum atomic E-state index is 12.5. The Kier molecular flexibility index (Phi) is 6.60. The predicted molar refractivity (Wildman–Crippen MR) is 125 cm³/mol. The highest BCUT2D eigenvalue weighted by Gasteiger charge is 2.19. The Morgan fingerprint density at radius 2 is 1.59 bits per heavy atom. The van der Waals surface area contributed by atoms with Gasteiger partial charge >= 0.3 is 17.8 Å². The van der Waals surface area contributed by atoms with E-state index in [4.69, 9.17) is 4.42 Å². The quantitative estimate of drug-likeness (QED) is 0.548. The van der Waals surface area contributed by atoms with Crippen molar-refractivity contribution in [3.8, 4) is 0 Å². The largest absolute Gasteiger partial charge is 0.399 e. The van der Waals surface area contributed by atoms with Crippen molar-refractivity contribution in [2.24, 2.45) is 0 Å². The van der Waals surface area contributed by atoms with E-state index in [-0.39, 0.29) is 17.8 Å². The van der Waals surface area contributed by atoms with Gasteiger partial charge in [0.2, 0.25) is 5.91 Å². The monoisotopic (exact) mass is 452 g/mol. The lowest BCUT2D eigenvalue weighted by atomic mass is 10.2.